The molecule has 0 spiro atoms. The molecule has 0 aliphatic heterocycles. The van der Waals surface area contributed by atoms with E-state index in [1.54, 1.807) is 4.90 Å². The molecule has 5 nitrogen and oxygen atoms in total. The summed E-state index contributed by atoms with van der Waals surface area (Å²) in [5, 5.41) is 28.8. The van der Waals surface area contributed by atoms with Gasteiger partial charge in [0.15, 0.2) is 0 Å². The summed E-state index contributed by atoms with van der Waals surface area (Å²) < 4.78 is 0. The van der Waals surface area contributed by atoms with E-state index in [1.807, 2.05) is 0 Å². The van der Waals surface area contributed by atoms with E-state index in [0.717, 1.165) is 25.7 Å². The number of phenolic OH excluding ortho intramolecular Hbond substituents is 2. The van der Waals surface area contributed by atoms with E-state index >= 15 is 0 Å². The van der Waals surface area contributed by atoms with E-state index in [9.17, 15) is 20.1 Å². The minimum Gasteiger partial charge on any atom is -0.507 e. The molecule has 5 heteroatoms. The van der Waals surface area contributed by atoms with Gasteiger partial charge in [-0.05, 0) is 25.0 Å². The van der Waals surface area contributed by atoms with Gasteiger partial charge >= 0.3 is 0 Å². The average Bonchev–Trinajstić information content (AvgIpc) is 2.45. The van der Waals surface area contributed by atoms with Crippen molar-refractivity contribution in [3.8, 4) is 11.5 Å². The summed E-state index contributed by atoms with van der Waals surface area (Å²) in [5.41, 5.74) is -0.0773. The van der Waals surface area contributed by atoms with Crippen molar-refractivity contribution in [2.75, 3.05) is 13.2 Å². The molecule has 1 saturated carbocycles. The number of benzene rings is 1. The van der Waals surface area contributed by atoms with Crippen molar-refractivity contribution in [3.63, 3.8) is 0 Å². The third-order valence-corrected chi connectivity index (χ3v) is 3.85. The van der Waals surface area contributed by atoms with E-state index in [-0.39, 0.29) is 36.3 Å². The first kappa shape index (κ1) is 14.7. The number of aliphatic hydroxyl groups excluding tert-OH is 1. The number of hydrogen-bond acceptors (Lipinski definition) is 4. The number of carbonyl (C=O) groups is 1. The monoisotopic (exact) mass is 279 g/mol. The Bertz CT molecular complexity index is 449. The molecule has 1 fully saturated rings. The van der Waals surface area contributed by atoms with Gasteiger partial charge in [0.05, 0.1) is 6.61 Å². The molecule has 1 aliphatic rings. The molecule has 2 rings (SSSR count). The topological polar surface area (TPSA) is 81.0 Å². The minimum atomic E-state index is -0.415. The van der Waals surface area contributed by atoms with Crippen LogP contribution in [0.2, 0.25) is 0 Å². The molecule has 0 heterocycles. The van der Waals surface area contributed by atoms with Gasteiger partial charge in [0.1, 0.15) is 17.1 Å². The standard InChI is InChI=1S/C15H21NO4/c17-10-9-16(11-5-2-1-3-6-11)15(20)14-12(18)7-4-8-13(14)19/h4,7-8,11,17-19H,1-3,5-6,9-10H2. The Morgan fingerprint density at radius 3 is 2.30 bits per heavy atom. The third kappa shape index (κ3) is 3.04. The zero-order chi connectivity index (χ0) is 14.5. The van der Waals surface area contributed by atoms with Crippen LogP contribution in [0.4, 0.5) is 0 Å². The highest BCUT2D eigenvalue weighted by molar-refractivity contribution is 5.99. The van der Waals surface area contributed by atoms with Crippen molar-refractivity contribution in [2.24, 2.45) is 0 Å². The summed E-state index contributed by atoms with van der Waals surface area (Å²) in [6, 6.07) is 4.32. The summed E-state index contributed by atoms with van der Waals surface area (Å²) >= 11 is 0. The van der Waals surface area contributed by atoms with Gasteiger partial charge in [-0.1, -0.05) is 25.3 Å². The molecule has 0 radical (unpaired) electrons. The van der Waals surface area contributed by atoms with Gasteiger partial charge < -0.3 is 20.2 Å². The van der Waals surface area contributed by atoms with E-state index in [4.69, 9.17) is 0 Å². The number of aliphatic hydroxyl groups is 1. The number of amides is 1. The molecule has 0 bridgehead atoms. The van der Waals surface area contributed by atoms with E-state index in [2.05, 4.69) is 0 Å². The Labute approximate surface area is 118 Å². The van der Waals surface area contributed by atoms with Crippen LogP contribution in [0.15, 0.2) is 18.2 Å². The van der Waals surface area contributed by atoms with E-state index < -0.39 is 5.91 Å². The van der Waals surface area contributed by atoms with Crippen molar-refractivity contribution in [1.82, 2.24) is 4.90 Å². The lowest BCUT2D eigenvalue weighted by Crippen LogP contribution is -2.43. The smallest absolute Gasteiger partial charge is 0.261 e. The van der Waals surface area contributed by atoms with Crippen LogP contribution >= 0.6 is 0 Å². The SMILES string of the molecule is O=C(c1c(O)cccc1O)N(CCO)C1CCCCC1. The van der Waals surface area contributed by atoms with Crippen molar-refractivity contribution in [1.29, 1.82) is 0 Å². The van der Waals surface area contributed by atoms with Crippen LogP contribution in [-0.4, -0.2) is 45.3 Å². The predicted octanol–water partition coefficient (Wildman–Crippen LogP) is 1.86. The van der Waals surface area contributed by atoms with Crippen LogP contribution in [0.25, 0.3) is 0 Å². The van der Waals surface area contributed by atoms with Gasteiger partial charge in [-0.3, -0.25) is 4.79 Å². The summed E-state index contributed by atoms with van der Waals surface area (Å²) in [6.07, 6.45) is 5.10. The van der Waals surface area contributed by atoms with Gasteiger partial charge in [0.25, 0.3) is 5.91 Å². The summed E-state index contributed by atoms with van der Waals surface area (Å²) in [7, 11) is 0. The highest BCUT2D eigenvalue weighted by Gasteiger charge is 2.28. The van der Waals surface area contributed by atoms with Gasteiger partial charge in [-0.2, -0.15) is 0 Å². The predicted molar refractivity (Wildman–Crippen MR) is 74.8 cm³/mol. The minimum absolute atomic E-state index is 0.0717. The Morgan fingerprint density at radius 1 is 1.15 bits per heavy atom. The van der Waals surface area contributed by atoms with Crippen LogP contribution in [-0.2, 0) is 0 Å². The molecule has 0 saturated heterocycles. The summed E-state index contributed by atoms with van der Waals surface area (Å²) in [5.74, 6) is -0.871. The number of hydrogen-bond donors (Lipinski definition) is 3. The molecule has 1 aromatic carbocycles. The Hall–Kier alpha value is -1.75. The number of nitrogens with zero attached hydrogens (tertiary/aromatic N) is 1. The Balaban J connectivity index is 2.26. The van der Waals surface area contributed by atoms with E-state index in [0.29, 0.717) is 0 Å². The number of phenols is 2. The molecular formula is C15H21NO4. The maximum Gasteiger partial charge on any atom is 0.261 e. The zero-order valence-corrected chi connectivity index (χ0v) is 11.5. The van der Waals surface area contributed by atoms with Gasteiger partial charge in [-0.25, -0.2) is 0 Å². The lowest BCUT2D eigenvalue weighted by atomic mass is 9.93. The number of carbonyl (C=O) groups excluding carboxylic acids is 1. The Kier molecular flexibility index (Phi) is 4.84. The fourth-order valence-electron chi connectivity index (χ4n) is 2.84. The highest BCUT2D eigenvalue weighted by atomic mass is 16.3. The lowest BCUT2D eigenvalue weighted by Gasteiger charge is -2.34. The second-order valence-electron chi connectivity index (χ2n) is 5.19. The molecule has 3 N–H and O–H groups in total. The molecule has 0 unspecified atom stereocenters. The molecule has 0 atom stereocenters. The van der Waals surface area contributed by atoms with Gasteiger partial charge in [0, 0.05) is 12.6 Å². The van der Waals surface area contributed by atoms with Crippen LogP contribution in [0.5, 0.6) is 11.5 Å². The molecule has 20 heavy (non-hydrogen) atoms. The fraction of sp³-hybridized carbons (Fsp3) is 0.533. The van der Waals surface area contributed by atoms with Gasteiger partial charge in [0.2, 0.25) is 0 Å². The molecule has 1 aromatic rings. The summed E-state index contributed by atoms with van der Waals surface area (Å²) in [4.78, 5) is 14.1. The molecule has 110 valence electrons. The quantitative estimate of drug-likeness (QED) is 0.786. The van der Waals surface area contributed by atoms with Crippen molar-refractivity contribution < 1.29 is 20.1 Å². The molecule has 0 aromatic heterocycles. The average molecular weight is 279 g/mol. The molecular weight excluding hydrogens is 258 g/mol. The second-order valence-corrected chi connectivity index (χ2v) is 5.19. The lowest BCUT2D eigenvalue weighted by molar-refractivity contribution is 0.0579. The number of rotatable bonds is 4. The van der Waals surface area contributed by atoms with Crippen LogP contribution < -0.4 is 0 Å². The zero-order valence-electron chi connectivity index (χ0n) is 11.5. The van der Waals surface area contributed by atoms with Crippen molar-refractivity contribution in [3.05, 3.63) is 23.8 Å². The third-order valence-electron chi connectivity index (χ3n) is 3.85. The van der Waals surface area contributed by atoms with Gasteiger partial charge in [-0.15, -0.1) is 0 Å². The normalized spacial score (nSPS) is 16.1. The largest absolute Gasteiger partial charge is 0.507 e. The Morgan fingerprint density at radius 2 is 1.75 bits per heavy atom. The first-order valence-corrected chi connectivity index (χ1v) is 7.08. The van der Waals surface area contributed by atoms with Crippen LogP contribution in [0.3, 0.4) is 0 Å². The molecule has 1 amide bonds. The van der Waals surface area contributed by atoms with E-state index in [1.165, 1.54) is 24.6 Å². The number of aromatic hydroxyl groups is 2. The highest BCUT2D eigenvalue weighted by Crippen LogP contribution is 2.30. The fourth-order valence-corrected chi connectivity index (χ4v) is 2.84. The first-order chi connectivity index (χ1) is 9.65. The van der Waals surface area contributed by atoms with Crippen molar-refractivity contribution in [2.45, 2.75) is 38.1 Å². The summed E-state index contributed by atoms with van der Waals surface area (Å²) in [6.45, 7) is 0.0911. The molecule has 1 aliphatic carbocycles. The van der Waals surface area contributed by atoms with Crippen LogP contribution in [0, 0.1) is 0 Å². The maximum atomic E-state index is 12.6. The van der Waals surface area contributed by atoms with Crippen LogP contribution in [0.1, 0.15) is 42.5 Å². The van der Waals surface area contributed by atoms with Crippen molar-refractivity contribution >= 4 is 5.91 Å². The second kappa shape index (κ2) is 6.61. The first-order valence-electron chi connectivity index (χ1n) is 7.08. The maximum absolute atomic E-state index is 12.6.